The number of rotatable bonds is 12. The number of halogens is 1. The molecule has 0 bridgehead atoms. The smallest absolute Gasteiger partial charge is 0.357 e. The number of anilines is 1. The number of fused-ring (bicyclic) bond motifs is 1. The summed E-state index contributed by atoms with van der Waals surface area (Å²) in [7, 11) is -3.77. The van der Waals surface area contributed by atoms with Gasteiger partial charge in [-0.3, -0.25) is 4.57 Å². The van der Waals surface area contributed by atoms with Crippen LogP contribution in [0.5, 0.6) is 11.6 Å². The van der Waals surface area contributed by atoms with E-state index in [1.54, 1.807) is 42.5 Å². The molecule has 0 spiro atoms. The number of aromatic nitrogens is 2. The lowest BCUT2D eigenvalue weighted by atomic mass is 10.2. The van der Waals surface area contributed by atoms with E-state index in [0.29, 0.717) is 30.2 Å². The van der Waals surface area contributed by atoms with E-state index in [4.69, 9.17) is 13.8 Å². The van der Waals surface area contributed by atoms with Crippen LogP contribution < -0.4 is 10.1 Å². The van der Waals surface area contributed by atoms with Gasteiger partial charge in [0.05, 0.1) is 24.1 Å². The zero-order valence-corrected chi connectivity index (χ0v) is 21.2. The molecule has 4 rings (SSSR count). The Balaban J connectivity index is 1.61. The normalized spacial score (nSPS) is 12.4. The monoisotopic (exact) mass is 509 g/mol. The largest absolute Gasteiger partial charge is 0.438 e. The highest BCUT2D eigenvalue weighted by atomic mass is 31.2. The molecule has 1 unspecified atom stereocenters. The molecule has 0 amide bonds. The molecule has 1 atom stereocenters. The first kappa shape index (κ1) is 25.8. The lowest BCUT2D eigenvalue weighted by molar-refractivity contribution is 0.198. The number of para-hydroxylation sites is 1. The van der Waals surface area contributed by atoms with Gasteiger partial charge in [-0.15, -0.1) is 0 Å². The minimum absolute atomic E-state index is 0.209. The molecule has 188 valence electrons. The molecule has 0 aliphatic rings. The van der Waals surface area contributed by atoms with Gasteiger partial charge in [-0.25, -0.2) is 14.4 Å². The van der Waals surface area contributed by atoms with Crippen LogP contribution in [0.1, 0.15) is 38.0 Å². The molecule has 1 aromatic heterocycles. The van der Waals surface area contributed by atoms with Gasteiger partial charge in [-0.1, -0.05) is 44.2 Å². The third kappa shape index (κ3) is 6.08. The van der Waals surface area contributed by atoms with Gasteiger partial charge >= 0.3 is 7.60 Å². The maximum atomic E-state index is 14.8. The van der Waals surface area contributed by atoms with E-state index in [-0.39, 0.29) is 18.8 Å². The van der Waals surface area contributed by atoms with Crippen LogP contribution in [0.3, 0.4) is 0 Å². The van der Waals surface area contributed by atoms with Crippen molar-refractivity contribution in [3.63, 3.8) is 0 Å². The molecule has 1 N–H and O–H groups in total. The second-order valence-electron chi connectivity index (χ2n) is 8.10. The van der Waals surface area contributed by atoms with Crippen molar-refractivity contribution in [2.75, 3.05) is 18.5 Å². The molecular formula is C27H29FN3O4P. The van der Waals surface area contributed by atoms with E-state index < -0.39 is 19.2 Å². The molecule has 9 heteroatoms. The van der Waals surface area contributed by atoms with Crippen molar-refractivity contribution in [1.29, 1.82) is 0 Å². The van der Waals surface area contributed by atoms with Gasteiger partial charge in [-0.05, 0) is 55.3 Å². The summed E-state index contributed by atoms with van der Waals surface area (Å²) in [6.45, 7) is 4.28. The summed E-state index contributed by atoms with van der Waals surface area (Å²) in [5.74, 6) is -0.532. The van der Waals surface area contributed by atoms with Gasteiger partial charge in [0, 0.05) is 11.3 Å². The highest BCUT2D eigenvalue weighted by Crippen LogP contribution is 2.61. The SMILES string of the molecule is CCCOP(=O)(OCCC)C(Nc1ccc(Oc2ncnc3ccccc23)cc1)c1ccccc1F. The Morgan fingerprint density at radius 3 is 2.25 bits per heavy atom. The summed E-state index contributed by atoms with van der Waals surface area (Å²) in [5.41, 5.74) is 1.59. The lowest BCUT2D eigenvalue weighted by Crippen LogP contribution is -2.17. The Bertz CT molecular complexity index is 1320. The maximum Gasteiger partial charge on any atom is 0.357 e. The number of benzene rings is 3. The third-order valence-corrected chi connectivity index (χ3v) is 7.47. The third-order valence-electron chi connectivity index (χ3n) is 5.35. The lowest BCUT2D eigenvalue weighted by Gasteiger charge is -2.29. The van der Waals surface area contributed by atoms with Gasteiger partial charge in [0.15, 0.2) is 5.78 Å². The number of hydrogen-bond acceptors (Lipinski definition) is 7. The Labute approximate surface area is 210 Å². The molecule has 36 heavy (non-hydrogen) atoms. The molecule has 0 fully saturated rings. The van der Waals surface area contributed by atoms with Gasteiger partial charge in [0.1, 0.15) is 17.9 Å². The van der Waals surface area contributed by atoms with E-state index in [1.165, 1.54) is 12.4 Å². The van der Waals surface area contributed by atoms with Crippen molar-refractivity contribution in [1.82, 2.24) is 9.97 Å². The summed E-state index contributed by atoms with van der Waals surface area (Å²) >= 11 is 0. The van der Waals surface area contributed by atoms with Crippen LogP contribution in [0, 0.1) is 5.82 Å². The van der Waals surface area contributed by atoms with Gasteiger partial charge in [-0.2, -0.15) is 0 Å². The van der Waals surface area contributed by atoms with Crippen molar-refractivity contribution in [2.24, 2.45) is 0 Å². The Morgan fingerprint density at radius 1 is 0.889 bits per heavy atom. The number of nitrogens with zero attached hydrogens (tertiary/aromatic N) is 2. The molecular weight excluding hydrogens is 480 g/mol. The zero-order valence-electron chi connectivity index (χ0n) is 20.3. The van der Waals surface area contributed by atoms with Gasteiger partial charge < -0.3 is 19.1 Å². The topological polar surface area (TPSA) is 82.6 Å². The van der Waals surface area contributed by atoms with Crippen molar-refractivity contribution in [3.8, 4) is 11.6 Å². The fraction of sp³-hybridized carbons (Fsp3) is 0.259. The highest BCUT2D eigenvalue weighted by Gasteiger charge is 2.39. The second kappa shape index (κ2) is 12.1. The average molecular weight is 510 g/mol. The number of nitrogens with one attached hydrogen (secondary N) is 1. The summed E-state index contributed by atoms with van der Waals surface area (Å²) < 4.78 is 46.2. The van der Waals surface area contributed by atoms with E-state index in [1.807, 2.05) is 38.1 Å². The molecule has 0 radical (unpaired) electrons. The van der Waals surface area contributed by atoms with Gasteiger partial charge in [0.25, 0.3) is 0 Å². The minimum Gasteiger partial charge on any atom is -0.438 e. The summed E-state index contributed by atoms with van der Waals surface area (Å²) in [6, 6.07) is 20.8. The van der Waals surface area contributed by atoms with Crippen LogP contribution in [0.15, 0.2) is 79.1 Å². The Morgan fingerprint density at radius 2 is 1.56 bits per heavy atom. The van der Waals surface area contributed by atoms with Crippen molar-refractivity contribution >= 4 is 24.2 Å². The zero-order chi connectivity index (χ0) is 25.4. The van der Waals surface area contributed by atoms with Crippen LogP contribution in [0.2, 0.25) is 0 Å². The summed E-state index contributed by atoms with van der Waals surface area (Å²) in [4.78, 5) is 8.50. The number of hydrogen-bond donors (Lipinski definition) is 1. The number of ether oxygens (including phenoxy) is 1. The van der Waals surface area contributed by atoms with Crippen LogP contribution in [-0.4, -0.2) is 23.2 Å². The second-order valence-corrected chi connectivity index (χ2v) is 10.2. The predicted molar refractivity (Wildman–Crippen MR) is 139 cm³/mol. The van der Waals surface area contributed by atoms with Crippen molar-refractivity contribution < 1.29 is 22.7 Å². The van der Waals surface area contributed by atoms with Crippen molar-refractivity contribution in [3.05, 3.63) is 90.5 Å². The summed E-state index contributed by atoms with van der Waals surface area (Å²) in [5, 5.41) is 3.98. The first-order valence-corrected chi connectivity index (χ1v) is 13.5. The van der Waals surface area contributed by atoms with E-state index in [2.05, 4.69) is 15.3 Å². The van der Waals surface area contributed by atoms with Crippen LogP contribution >= 0.6 is 7.60 Å². The fourth-order valence-corrected chi connectivity index (χ4v) is 5.70. The molecule has 7 nitrogen and oxygen atoms in total. The first-order valence-electron chi connectivity index (χ1n) is 11.9. The van der Waals surface area contributed by atoms with E-state index >= 15 is 0 Å². The minimum atomic E-state index is -3.77. The first-order chi connectivity index (χ1) is 17.5. The fourth-order valence-electron chi connectivity index (χ4n) is 3.60. The van der Waals surface area contributed by atoms with Crippen LogP contribution in [-0.2, 0) is 13.6 Å². The molecule has 0 aliphatic heterocycles. The van der Waals surface area contributed by atoms with Gasteiger partial charge in [0.2, 0.25) is 5.88 Å². The average Bonchev–Trinajstić information content (AvgIpc) is 2.91. The predicted octanol–water partition coefficient (Wildman–Crippen LogP) is 7.72. The molecule has 0 aliphatic carbocycles. The standard InChI is InChI=1S/C27H29FN3O4P/c1-3-17-33-36(32,34-18-4-2)27(22-9-5-7-11-24(22)28)31-20-13-15-21(16-14-20)35-26-23-10-6-8-12-25(23)29-19-30-26/h5-16,19,27,31H,3-4,17-18H2,1-2H3. The van der Waals surface area contributed by atoms with E-state index in [9.17, 15) is 8.96 Å². The highest BCUT2D eigenvalue weighted by molar-refractivity contribution is 7.54. The Hall–Kier alpha value is -3.32. The molecule has 3 aromatic carbocycles. The molecule has 1 heterocycles. The van der Waals surface area contributed by atoms with Crippen LogP contribution in [0.25, 0.3) is 10.9 Å². The maximum absolute atomic E-state index is 14.8. The quantitative estimate of drug-likeness (QED) is 0.196. The molecule has 4 aromatic rings. The van der Waals surface area contributed by atoms with E-state index in [0.717, 1.165) is 10.9 Å². The van der Waals surface area contributed by atoms with Crippen molar-refractivity contribution in [2.45, 2.75) is 32.5 Å². The summed E-state index contributed by atoms with van der Waals surface area (Å²) in [6.07, 6.45) is 2.75. The molecule has 0 saturated carbocycles. The Kier molecular flexibility index (Phi) is 8.65. The van der Waals surface area contributed by atoms with Crippen LogP contribution in [0.4, 0.5) is 10.1 Å². The molecule has 0 saturated heterocycles.